The van der Waals surface area contributed by atoms with Crippen molar-refractivity contribution in [1.82, 2.24) is 0 Å². The van der Waals surface area contributed by atoms with E-state index in [4.69, 9.17) is 0 Å². The standard InChI is InChI=1S/C9H19NO/c1-9(2)8-10(11)6-4-3-5-7-10/h9H,3-8H2,1-2H3. The zero-order valence-corrected chi connectivity index (χ0v) is 7.68. The third kappa shape index (κ3) is 2.80. The maximum Gasteiger partial charge on any atom is 0.0807 e. The molecule has 0 unspecified atom stereocenters. The molecule has 0 N–H and O–H groups in total. The number of quaternary nitrogens is 1. The van der Waals surface area contributed by atoms with Crippen molar-refractivity contribution < 1.29 is 4.65 Å². The highest BCUT2D eigenvalue weighted by Gasteiger charge is 2.21. The van der Waals surface area contributed by atoms with Crippen LogP contribution in [0.3, 0.4) is 0 Å². The van der Waals surface area contributed by atoms with Crippen LogP contribution >= 0.6 is 0 Å². The Hall–Kier alpha value is -0.0800. The highest BCUT2D eigenvalue weighted by Crippen LogP contribution is 2.18. The zero-order valence-electron chi connectivity index (χ0n) is 7.68. The van der Waals surface area contributed by atoms with Gasteiger partial charge in [0.2, 0.25) is 0 Å². The lowest BCUT2D eigenvalue weighted by atomic mass is 10.1. The predicted octanol–water partition coefficient (Wildman–Crippen LogP) is 2.14. The molecule has 1 aliphatic heterocycles. The van der Waals surface area contributed by atoms with Crippen LogP contribution in [0.15, 0.2) is 0 Å². The second-order valence-electron chi connectivity index (χ2n) is 4.14. The number of rotatable bonds is 2. The summed E-state index contributed by atoms with van der Waals surface area (Å²) < 4.78 is 0.0810. The van der Waals surface area contributed by atoms with Crippen molar-refractivity contribution in [3.63, 3.8) is 0 Å². The Morgan fingerprint density at radius 2 is 1.73 bits per heavy atom. The first-order valence-corrected chi connectivity index (χ1v) is 4.69. The summed E-state index contributed by atoms with van der Waals surface area (Å²) in [5, 5.41) is 11.9. The van der Waals surface area contributed by atoms with Gasteiger partial charge < -0.3 is 9.85 Å². The predicted molar refractivity (Wildman–Crippen MR) is 46.9 cm³/mol. The topological polar surface area (TPSA) is 23.1 Å². The van der Waals surface area contributed by atoms with Gasteiger partial charge in [-0.2, -0.15) is 0 Å². The van der Waals surface area contributed by atoms with E-state index in [-0.39, 0.29) is 4.65 Å². The van der Waals surface area contributed by atoms with Gasteiger partial charge in [-0.3, -0.25) is 0 Å². The molecule has 1 saturated heterocycles. The molecule has 1 heterocycles. The van der Waals surface area contributed by atoms with Crippen LogP contribution in [0.1, 0.15) is 33.1 Å². The fraction of sp³-hybridized carbons (Fsp3) is 1.00. The first-order chi connectivity index (χ1) is 5.12. The van der Waals surface area contributed by atoms with E-state index in [1.54, 1.807) is 0 Å². The second kappa shape index (κ2) is 3.55. The first-order valence-electron chi connectivity index (χ1n) is 4.69. The smallest absolute Gasteiger partial charge is 0.0807 e. The number of hydrogen-bond acceptors (Lipinski definition) is 1. The lowest BCUT2D eigenvalue weighted by Gasteiger charge is -2.46. The quantitative estimate of drug-likeness (QED) is 0.445. The molecule has 1 fully saturated rings. The first kappa shape index (κ1) is 9.01. The van der Waals surface area contributed by atoms with Crippen molar-refractivity contribution in [3.8, 4) is 0 Å². The molecule has 0 spiro atoms. The minimum atomic E-state index is 0.0810. The molecule has 0 amide bonds. The normalized spacial score (nSPS) is 24.0. The van der Waals surface area contributed by atoms with E-state index in [9.17, 15) is 5.21 Å². The molecule has 0 radical (unpaired) electrons. The number of nitrogens with zero attached hydrogens (tertiary/aromatic N) is 1. The summed E-state index contributed by atoms with van der Waals surface area (Å²) in [7, 11) is 0. The summed E-state index contributed by atoms with van der Waals surface area (Å²) in [6, 6.07) is 0. The molecule has 1 aliphatic rings. The molecule has 0 atom stereocenters. The van der Waals surface area contributed by atoms with Gasteiger partial charge in [0.05, 0.1) is 19.6 Å². The Morgan fingerprint density at radius 3 is 2.18 bits per heavy atom. The van der Waals surface area contributed by atoms with E-state index in [1.165, 1.54) is 6.42 Å². The van der Waals surface area contributed by atoms with Gasteiger partial charge in [0.25, 0.3) is 0 Å². The number of piperidine rings is 1. The van der Waals surface area contributed by atoms with E-state index in [2.05, 4.69) is 13.8 Å². The second-order valence-corrected chi connectivity index (χ2v) is 4.14. The van der Waals surface area contributed by atoms with Gasteiger partial charge >= 0.3 is 0 Å². The van der Waals surface area contributed by atoms with Crippen molar-refractivity contribution in [3.05, 3.63) is 5.21 Å². The molecule has 1 rings (SSSR count). The third-order valence-electron chi connectivity index (χ3n) is 2.33. The van der Waals surface area contributed by atoms with Gasteiger partial charge in [0.15, 0.2) is 0 Å². The van der Waals surface area contributed by atoms with Crippen molar-refractivity contribution in [2.75, 3.05) is 19.6 Å². The Kier molecular flexibility index (Phi) is 2.90. The van der Waals surface area contributed by atoms with Crippen LogP contribution in [0.4, 0.5) is 0 Å². The van der Waals surface area contributed by atoms with Crippen molar-refractivity contribution in [2.24, 2.45) is 5.92 Å². The number of likely N-dealkylation sites (tertiary alicyclic amines) is 1. The van der Waals surface area contributed by atoms with Crippen LogP contribution in [0.5, 0.6) is 0 Å². The Morgan fingerprint density at radius 1 is 1.18 bits per heavy atom. The van der Waals surface area contributed by atoms with E-state index in [0.29, 0.717) is 5.92 Å². The number of hydroxylamine groups is 3. The SMILES string of the molecule is CC(C)C[N+]1([O-])CCCCC1. The Bertz CT molecular complexity index is 117. The van der Waals surface area contributed by atoms with Gasteiger partial charge in [0.1, 0.15) is 0 Å². The maximum atomic E-state index is 11.9. The monoisotopic (exact) mass is 157 g/mol. The van der Waals surface area contributed by atoms with Gasteiger partial charge in [-0.1, -0.05) is 13.8 Å². The lowest BCUT2D eigenvalue weighted by Crippen LogP contribution is -2.48. The average Bonchev–Trinajstić information content (AvgIpc) is 1.85. The van der Waals surface area contributed by atoms with E-state index in [0.717, 1.165) is 32.5 Å². The highest BCUT2D eigenvalue weighted by molar-refractivity contribution is 4.55. The zero-order chi connectivity index (χ0) is 8.32. The molecule has 0 bridgehead atoms. The molecule has 0 aliphatic carbocycles. The lowest BCUT2D eigenvalue weighted by molar-refractivity contribution is -0.888. The summed E-state index contributed by atoms with van der Waals surface area (Å²) in [5.41, 5.74) is 0. The van der Waals surface area contributed by atoms with E-state index >= 15 is 0 Å². The fourth-order valence-electron chi connectivity index (χ4n) is 1.94. The fourth-order valence-corrected chi connectivity index (χ4v) is 1.94. The van der Waals surface area contributed by atoms with Crippen LogP contribution in [-0.2, 0) is 0 Å². The van der Waals surface area contributed by atoms with Crippen LogP contribution in [0, 0.1) is 11.1 Å². The molecule has 2 heteroatoms. The van der Waals surface area contributed by atoms with Gasteiger partial charge in [-0.15, -0.1) is 0 Å². The molecule has 0 aromatic heterocycles. The van der Waals surface area contributed by atoms with E-state index < -0.39 is 0 Å². The van der Waals surface area contributed by atoms with Crippen LogP contribution in [0.25, 0.3) is 0 Å². The largest absolute Gasteiger partial charge is 0.633 e. The van der Waals surface area contributed by atoms with Gasteiger partial charge in [-0.25, -0.2) is 0 Å². The van der Waals surface area contributed by atoms with Crippen LogP contribution < -0.4 is 0 Å². The van der Waals surface area contributed by atoms with Crippen molar-refractivity contribution in [1.29, 1.82) is 0 Å². The Balaban J connectivity index is 2.37. The summed E-state index contributed by atoms with van der Waals surface area (Å²) >= 11 is 0. The summed E-state index contributed by atoms with van der Waals surface area (Å²) in [5.74, 6) is 0.547. The van der Waals surface area contributed by atoms with Gasteiger partial charge in [-0.05, 0) is 19.3 Å². The number of hydrogen-bond donors (Lipinski definition) is 0. The molecule has 11 heavy (non-hydrogen) atoms. The Labute approximate surface area is 69.4 Å². The molecule has 2 nitrogen and oxygen atoms in total. The summed E-state index contributed by atoms with van der Waals surface area (Å²) in [6.07, 6.45) is 3.53. The molecule has 66 valence electrons. The minimum absolute atomic E-state index is 0.0810. The molecule has 0 aromatic carbocycles. The third-order valence-corrected chi connectivity index (χ3v) is 2.33. The summed E-state index contributed by atoms with van der Waals surface area (Å²) in [6.45, 7) is 6.80. The molecular formula is C9H19NO. The van der Waals surface area contributed by atoms with Crippen molar-refractivity contribution >= 4 is 0 Å². The molecule has 0 aromatic rings. The average molecular weight is 157 g/mol. The van der Waals surface area contributed by atoms with Crippen LogP contribution in [-0.4, -0.2) is 24.3 Å². The van der Waals surface area contributed by atoms with Gasteiger partial charge in [0, 0.05) is 5.92 Å². The maximum absolute atomic E-state index is 11.9. The summed E-state index contributed by atoms with van der Waals surface area (Å²) in [4.78, 5) is 0. The highest BCUT2D eigenvalue weighted by atomic mass is 16.5. The minimum Gasteiger partial charge on any atom is -0.633 e. The van der Waals surface area contributed by atoms with E-state index in [1.807, 2.05) is 0 Å². The van der Waals surface area contributed by atoms with Crippen molar-refractivity contribution in [2.45, 2.75) is 33.1 Å². The molecular weight excluding hydrogens is 138 g/mol. The van der Waals surface area contributed by atoms with Crippen LogP contribution in [0.2, 0.25) is 0 Å². The molecule has 0 saturated carbocycles.